The Labute approximate surface area is 317 Å². The molecule has 10 rings (SSSR count). The van der Waals surface area contributed by atoms with Gasteiger partial charge in [0.2, 0.25) is 0 Å². The molecular formula is C53H39N. The molecule has 54 heavy (non-hydrogen) atoms. The van der Waals surface area contributed by atoms with Gasteiger partial charge in [0.1, 0.15) is 0 Å². The monoisotopic (exact) mass is 689 g/mol. The quantitative estimate of drug-likeness (QED) is 0.157. The van der Waals surface area contributed by atoms with E-state index in [2.05, 4.69) is 219 Å². The molecule has 0 fully saturated rings. The van der Waals surface area contributed by atoms with Gasteiger partial charge >= 0.3 is 0 Å². The summed E-state index contributed by atoms with van der Waals surface area (Å²) in [7, 11) is 0. The van der Waals surface area contributed by atoms with Gasteiger partial charge in [0.15, 0.2) is 0 Å². The molecule has 0 radical (unpaired) electrons. The smallest absolute Gasteiger partial charge is 0.0546 e. The van der Waals surface area contributed by atoms with E-state index in [9.17, 15) is 0 Å². The number of nitrogens with zero attached hydrogens (tertiary/aromatic N) is 1. The Morgan fingerprint density at radius 2 is 0.907 bits per heavy atom. The third-order valence-corrected chi connectivity index (χ3v) is 11.4. The summed E-state index contributed by atoms with van der Waals surface area (Å²) in [5.74, 6) is 0. The molecule has 0 N–H and O–H groups in total. The lowest BCUT2D eigenvalue weighted by atomic mass is 9.82. The van der Waals surface area contributed by atoms with Crippen LogP contribution in [0.2, 0.25) is 0 Å². The molecule has 0 amide bonds. The van der Waals surface area contributed by atoms with Crippen molar-refractivity contribution in [1.82, 2.24) is 0 Å². The van der Waals surface area contributed by atoms with Gasteiger partial charge in [0, 0.05) is 22.2 Å². The molecule has 0 saturated heterocycles. The molecule has 1 aliphatic rings. The SMILES string of the molecule is CC1(C)c2ccccc2-c2ccc(N(c3ccc(-c4cccc(-c5ccccc5)c4)c(-c4ccccc4)c3)c3cc4ccccc4c4ccccc34)cc21. The van der Waals surface area contributed by atoms with Crippen LogP contribution in [0.3, 0.4) is 0 Å². The summed E-state index contributed by atoms with van der Waals surface area (Å²) < 4.78 is 0. The zero-order valence-electron chi connectivity index (χ0n) is 30.5. The summed E-state index contributed by atoms with van der Waals surface area (Å²) in [4.78, 5) is 2.49. The largest absolute Gasteiger partial charge is 0.310 e. The summed E-state index contributed by atoms with van der Waals surface area (Å²) in [6, 6.07) is 73.5. The average Bonchev–Trinajstić information content (AvgIpc) is 3.47. The van der Waals surface area contributed by atoms with E-state index >= 15 is 0 Å². The van der Waals surface area contributed by atoms with Gasteiger partial charge in [-0.1, -0.05) is 178 Å². The van der Waals surface area contributed by atoms with E-state index in [-0.39, 0.29) is 5.41 Å². The Hall–Kier alpha value is -6.70. The van der Waals surface area contributed by atoms with Gasteiger partial charge in [-0.15, -0.1) is 0 Å². The highest BCUT2D eigenvalue weighted by atomic mass is 15.1. The summed E-state index contributed by atoms with van der Waals surface area (Å²) in [5, 5.41) is 4.96. The lowest BCUT2D eigenvalue weighted by Crippen LogP contribution is -2.16. The van der Waals surface area contributed by atoms with Gasteiger partial charge in [-0.05, 0) is 108 Å². The van der Waals surface area contributed by atoms with E-state index in [1.54, 1.807) is 0 Å². The van der Waals surface area contributed by atoms with Gasteiger partial charge in [-0.2, -0.15) is 0 Å². The van der Waals surface area contributed by atoms with Gasteiger partial charge in [-0.3, -0.25) is 0 Å². The molecule has 0 unspecified atom stereocenters. The minimum atomic E-state index is -0.123. The van der Waals surface area contributed by atoms with Crippen LogP contribution in [0.1, 0.15) is 25.0 Å². The van der Waals surface area contributed by atoms with E-state index in [0.29, 0.717) is 0 Å². The van der Waals surface area contributed by atoms with Gasteiger partial charge < -0.3 is 4.90 Å². The molecule has 1 aliphatic carbocycles. The number of rotatable bonds is 6. The molecular weight excluding hydrogens is 651 g/mol. The van der Waals surface area contributed by atoms with Crippen LogP contribution in [-0.2, 0) is 5.41 Å². The third-order valence-electron chi connectivity index (χ3n) is 11.4. The second-order valence-electron chi connectivity index (χ2n) is 14.9. The van der Waals surface area contributed by atoms with Crippen LogP contribution in [0.5, 0.6) is 0 Å². The Balaban J connectivity index is 1.23. The van der Waals surface area contributed by atoms with Crippen molar-refractivity contribution < 1.29 is 0 Å². The maximum absolute atomic E-state index is 2.49. The number of benzene rings is 9. The molecule has 0 saturated carbocycles. The first-order valence-electron chi connectivity index (χ1n) is 18.8. The summed E-state index contributed by atoms with van der Waals surface area (Å²) >= 11 is 0. The molecule has 0 aliphatic heterocycles. The predicted octanol–water partition coefficient (Wildman–Crippen LogP) is 14.8. The van der Waals surface area contributed by atoms with E-state index in [0.717, 1.165) is 17.1 Å². The van der Waals surface area contributed by atoms with Crippen LogP contribution in [-0.4, -0.2) is 0 Å². The molecule has 0 heterocycles. The third kappa shape index (κ3) is 5.24. The van der Waals surface area contributed by atoms with Crippen molar-refractivity contribution in [3.8, 4) is 44.5 Å². The summed E-state index contributed by atoms with van der Waals surface area (Å²) in [5.41, 5.74) is 15.9. The van der Waals surface area contributed by atoms with Crippen molar-refractivity contribution in [2.45, 2.75) is 19.3 Å². The highest BCUT2D eigenvalue weighted by Gasteiger charge is 2.36. The van der Waals surface area contributed by atoms with Crippen LogP contribution in [0.25, 0.3) is 66.1 Å². The van der Waals surface area contributed by atoms with Crippen LogP contribution < -0.4 is 4.90 Å². The van der Waals surface area contributed by atoms with Crippen LogP contribution in [0.4, 0.5) is 17.1 Å². The van der Waals surface area contributed by atoms with Crippen molar-refractivity contribution in [3.63, 3.8) is 0 Å². The number of fused-ring (bicyclic) bond motifs is 6. The van der Waals surface area contributed by atoms with E-state index < -0.39 is 0 Å². The molecule has 1 nitrogen and oxygen atoms in total. The molecule has 0 bridgehead atoms. The van der Waals surface area contributed by atoms with E-state index in [4.69, 9.17) is 0 Å². The first-order chi connectivity index (χ1) is 26.5. The molecule has 0 aromatic heterocycles. The van der Waals surface area contributed by atoms with Crippen LogP contribution in [0.15, 0.2) is 200 Å². The normalized spacial score (nSPS) is 12.8. The fraction of sp³-hybridized carbons (Fsp3) is 0.0566. The maximum Gasteiger partial charge on any atom is 0.0546 e. The zero-order chi connectivity index (χ0) is 36.2. The maximum atomic E-state index is 2.49. The molecule has 1 heteroatoms. The van der Waals surface area contributed by atoms with Gasteiger partial charge in [0.25, 0.3) is 0 Å². The molecule has 0 atom stereocenters. The molecule has 256 valence electrons. The Morgan fingerprint density at radius 1 is 0.333 bits per heavy atom. The van der Waals surface area contributed by atoms with Crippen molar-refractivity contribution >= 4 is 38.6 Å². The zero-order valence-corrected chi connectivity index (χ0v) is 30.5. The highest BCUT2D eigenvalue weighted by molar-refractivity contribution is 6.14. The van der Waals surface area contributed by atoms with Gasteiger partial charge in [-0.25, -0.2) is 0 Å². The lowest BCUT2D eigenvalue weighted by molar-refractivity contribution is 0.660. The average molecular weight is 690 g/mol. The Kier molecular flexibility index (Phi) is 7.56. The Morgan fingerprint density at radius 3 is 1.70 bits per heavy atom. The minimum absolute atomic E-state index is 0.123. The second kappa shape index (κ2) is 12.8. The van der Waals surface area contributed by atoms with Crippen molar-refractivity contribution in [1.29, 1.82) is 0 Å². The molecule has 0 spiro atoms. The van der Waals surface area contributed by atoms with Crippen molar-refractivity contribution in [2.24, 2.45) is 0 Å². The van der Waals surface area contributed by atoms with Crippen LogP contribution >= 0.6 is 0 Å². The van der Waals surface area contributed by atoms with Crippen LogP contribution in [0, 0.1) is 0 Å². The van der Waals surface area contributed by atoms with E-state index in [1.165, 1.54) is 77.2 Å². The predicted molar refractivity (Wildman–Crippen MR) is 230 cm³/mol. The number of anilines is 3. The van der Waals surface area contributed by atoms with E-state index in [1.807, 2.05) is 0 Å². The fourth-order valence-electron chi connectivity index (χ4n) is 8.75. The number of hydrogen-bond acceptors (Lipinski definition) is 1. The topological polar surface area (TPSA) is 3.24 Å². The van der Waals surface area contributed by atoms with Gasteiger partial charge in [0.05, 0.1) is 5.69 Å². The standard InChI is InChI=1S/C53H39N/c1-53(2)50-27-14-13-25-46(50)47-31-29-42(35-51(47)53)54(52-33-40-20-9-10-23-43(40)45-24-11-12-26-48(45)52)41-28-30-44(49(34-41)37-18-7-4-8-19-37)39-22-15-21-38(32-39)36-16-5-3-6-17-36/h3-35H,1-2H3. The fourth-order valence-corrected chi connectivity index (χ4v) is 8.75. The highest BCUT2D eigenvalue weighted by Crippen LogP contribution is 2.52. The first kappa shape index (κ1) is 32.0. The lowest BCUT2D eigenvalue weighted by Gasteiger charge is -2.30. The van der Waals surface area contributed by atoms with Crippen molar-refractivity contribution in [2.75, 3.05) is 4.90 Å². The number of hydrogen-bond donors (Lipinski definition) is 0. The minimum Gasteiger partial charge on any atom is -0.310 e. The summed E-state index contributed by atoms with van der Waals surface area (Å²) in [6.07, 6.45) is 0. The molecule has 9 aromatic rings. The molecule has 9 aromatic carbocycles. The second-order valence-corrected chi connectivity index (χ2v) is 14.9. The first-order valence-corrected chi connectivity index (χ1v) is 18.8. The summed E-state index contributed by atoms with van der Waals surface area (Å²) in [6.45, 7) is 4.73. The Bertz CT molecular complexity index is 2850. The van der Waals surface area contributed by atoms with Crippen molar-refractivity contribution in [3.05, 3.63) is 211 Å².